The second kappa shape index (κ2) is 4.63. The Balaban J connectivity index is 2.29. The van der Waals surface area contributed by atoms with Gasteiger partial charge in [-0.15, -0.1) is 0 Å². The summed E-state index contributed by atoms with van der Waals surface area (Å²) >= 11 is 0. The summed E-state index contributed by atoms with van der Waals surface area (Å²) in [6.45, 7) is 9.01. The molecular formula is C12H26N2. The van der Waals surface area contributed by atoms with Gasteiger partial charge in [-0.2, -0.15) is 0 Å². The fraction of sp³-hybridized carbons (Fsp3) is 1.00. The van der Waals surface area contributed by atoms with Crippen molar-refractivity contribution in [1.82, 2.24) is 5.32 Å². The van der Waals surface area contributed by atoms with Gasteiger partial charge in [-0.25, -0.2) is 0 Å². The molecule has 3 N–H and O–H groups in total. The van der Waals surface area contributed by atoms with E-state index in [0.717, 1.165) is 0 Å². The molecule has 2 heteroatoms. The highest BCUT2D eigenvalue weighted by Crippen LogP contribution is 2.35. The van der Waals surface area contributed by atoms with Crippen LogP contribution in [-0.4, -0.2) is 18.1 Å². The van der Waals surface area contributed by atoms with E-state index >= 15 is 0 Å². The first-order valence-corrected chi connectivity index (χ1v) is 5.92. The van der Waals surface area contributed by atoms with Crippen LogP contribution in [0.25, 0.3) is 0 Å². The molecule has 0 spiro atoms. The molecule has 1 aliphatic carbocycles. The van der Waals surface area contributed by atoms with Crippen molar-refractivity contribution in [2.45, 2.75) is 71.5 Å². The Morgan fingerprint density at radius 1 is 1.21 bits per heavy atom. The average molecular weight is 198 g/mol. The molecule has 0 bridgehead atoms. The highest BCUT2D eigenvalue weighted by atomic mass is 15.0. The molecule has 0 amide bonds. The van der Waals surface area contributed by atoms with Gasteiger partial charge in [0.05, 0.1) is 0 Å². The largest absolute Gasteiger partial charge is 0.327 e. The minimum Gasteiger partial charge on any atom is -0.327 e. The summed E-state index contributed by atoms with van der Waals surface area (Å²) in [7, 11) is 0. The molecule has 0 heterocycles. The smallest absolute Gasteiger partial charge is 0.0190 e. The number of hydrogen-bond donors (Lipinski definition) is 2. The highest BCUT2D eigenvalue weighted by Gasteiger charge is 2.27. The maximum absolute atomic E-state index is 5.84. The van der Waals surface area contributed by atoms with Crippen LogP contribution in [0.15, 0.2) is 0 Å². The molecular weight excluding hydrogens is 172 g/mol. The minimum atomic E-state index is 0.255. The van der Waals surface area contributed by atoms with Crippen LogP contribution in [0.2, 0.25) is 0 Å². The maximum Gasteiger partial charge on any atom is 0.0190 e. The third kappa shape index (κ3) is 3.58. The summed E-state index contributed by atoms with van der Waals surface area (Å²) in [6, 6.07) is 1.40. The molecule has 1 aliphatic rings. The van der Waals surface area contributed by atoms with Crippen molar-refractivity contribution < 1.29 is 0 Å². The molecule has 84 valence electrons. The van der Waals surface area contributed by atoms with Crippen LogP contribution in [0.3, 0.4) is 0 Å². The molecule has 0 aromatic rings. The second-order valence-corrected chi connectivity index (χ2v) is 5.75. The molecule has 0 aromatic heterocycles. The topological polar surface area (TPSA) is 38.0 Å². The normalized spacial score (nSPS) is 27.2. The third-order valence-electron chi connectivity index (χ3n) is 3.63. The Bertz CT molecular complexity index is 165. The zero-order chi connectivity index (χ0) is 10.8. The van der Waals surface area contributed by atoms with E-state index in [1.54, 1.807) is 0 Å². The summed E-state index contributed by atoms with van der Waals surface area (Å²) in [5.74, 6) is 0. The molecule has 1 rings (SSSR count). The second-order valence-electron chi connectivity index (χ2n) is 5.75. The van der Waals surface area contributed by atoms with Gasteiger partial charge in [0.2, 0.25) is 0 Å². The molecule has 0 saturated heterocycles. The van der Waals surface area contributed by atoms with E-state index in [1.165, 1.54) is 25.7 Å². The van der Waals surface area contributed by atoms with E-state index in [9.17, 15) is 0 Å². The number of hydrogen-bond acceptors (Lipinski definition) is 2. The molecule has 0 aromatic carbocycles. The van der Waals surface area contributed by atoms with Gasteiger partial charge in [0.15, 0.2) is 0 Å². The van der Waals surface area contributed by atoms with Crippen LogP contribution in [-0.2, 0) is 0 Å². The van der Waals surface area contributed by atoms with Crippen molar-refractivity contribution in [3.05, 3.63) is 0 Å². The summed E-state index contributed by atoms with van der Waals surface area (Å²) in [4.78, 5) is 0. The first kappa shape index (κ1) is 12.0. The lowest BCUT2D eigenvalue weighted by Crippen LogP contribution is -2.47. The maximum atomic E-state index is 5.84. The highest BCUT2D eigenvalue weighted by molar-refractivity contribution is 4.84. The fourth-order valence-corrected chi connectivity index (χ4v) is 2.09. The van der Waals surface area contributed by atoms with Crippen molar-refractivity contribution in [3.8, 4) is 0 Å². The van der Waals surface area contributed by atoms with Crippen LogP contribution in [0.4, 0.5) is 0 Å². The predicted molar refractivity (Wildman–Crippen MR) is 62.3 cm³/mol. The predicted octanol–water partition coefficient (Wildman–Crippen LogP) is 2.28. The summed E-state index contributed by atoms with van der Waals surface area (Å²) in [6.07, 6.45) is 5.31. The molecule has 2 nitrogen and oxygen atoms in total. The van der Waals surface area contributed by atoms with Crippen LogP contribution >= 0.6 is 0 Å². The number of rotatable bonds is 3. The van der Waals surface area contributed by atoms with E-state index in [2.05, 4.69) is 33.0 Å². The molecule has 2 atom stereocenters. The van der Waals surface area contributed by atoms with Crippen molar-refractivity contribution in [2.24, 2.45) is 11.1 Å². The van der Waals surface area contributed by atoms with Crippen molar-refractivity contribution >= 4 is 0 Å². The van der Waals surface area contributed by atoms with Crippen molar-refractivity contribution in [3.63, 3.8) is 0 Å². The van der Waals surface area contributed by atoms with Gasteiger partial charge in [-0.1, -0.05) is 13.8 Å². The summed E-state index contributed by atoms with van der Waals surface area (Å²) < 4.78 is 0. The zero-order valence-electron chi connectivity index (χ0n) is 10.1. The van der Waals surface area contributed by atoms with Gasteiger partial charge in [0.25, 0.3) is 0 Å². The Morgan fingerprint density at radius 2 is 1.71 bits per heavy atom. The van der Waals surface area contributed by atoms with Crippen LogP contribution < -0.4 is 11.1 Å². The Hall–Kier alpha value is -0.0800. The minimum absolute atomic E-state index is 0.255. The van der Waals surface area contributed by atoms with Gasteiger partial charge in [0.1, 0.15) is 0 Å². The summed E-state index contributed by atoms with van der Waals surface area (Å²) in [5, 5.41) is 3.63. The molecule has 1 fully saturated rings. The monoisotopic (exact) mass is 198 g/mol. The van der Waals surface area contributed by atoms with E-state index in [1.807, 2.05) is 0 Å². The van der Waals surface area contributed by atoms with Crippen LogP contribution in [0, 0.1) is 5.41 Å². The standard InChI is InChI=1S/C12H26N2/c1-9(13)10(2)14-11-5-7-12(3,4)8-6-11/h9-11,14H,5-8,13H2,1-4H3. The Morgan fingerprint density at radius 3 is 2.14 bits per heavy atom. The van der Waals surface area contributed by atoms with Crippen LogP contribution in [0.5, 0.6) is 0 Å². The first-order chi connectivity index (χ1) is 6.41. The lowest BCUT2D eigenvalue weighted by atomic mass is 9.75. The lowest BCUT2D eigenvalue weighted by Gasteiger charge is -2.36. The average Bonchev–Trinajstić information content (AvgIpc) is 2.08. The fourth-order valence-electron chi connectivity index (χ4n) is 2.09. The molecule has 14 heavy (non-hydrogen) atoms. The van der Waals surface area contributed by atoms with Crippen LogP contribution in [0.1, 0.15) is 53.4 Å². The first-order valence-electron chi connectivity index (χ1n) is 5.92. The Kier molecular flexibility index (Phi) is 3.96. The zero-order valence-corrected chi connectivity index (χ0v) is 10.1. The molecule has 1 saturated carbocycles. The van der Waals surface area contributed by atoms with Crippen molar-refractivity contribution in [1.29, 1.82) is 0 Å². The van der Waals surface area contributed by atoms with Gasteiger partial charge in [0, 0.05) is 18.1 Å². The number of nitrogens with one attached hydrogen (secondary N) is 1. The molecule has 2 unspecified atom stereocenters. The van der Waals surface area contributed by atoms with Gasteiger partial charge in [-0.05, 0) is 44.9 Å². The van der Waals surface area contributed by atoms with E-state index in [4.69, 9.17) is 5.73 Å². The van der Waals surface area contributed by atoms with E-state index in [0.29, 0.717) is 17.5 Å². The van der Waals surface area contributed by atoms with E-state index < -0.39 is 0 Å². The third-order valence-corrected chi connectivity index (χ3v) is 3.63. The lowest BCUT2D eigenvalue weighted by molar-refractivity contribution is 0.196. The quantitative estimate of drug-likeness (QED) is 0.730. The SMILES string of the molecule is CC(N)C(C)NC1CCC(C)(C)CC1. The molecule has 0 aliphatic heterocycles. The van der Waals surface area contributed by atoms with Gasteiger partial charge in [-0.3, -0.25) is 0 Å². The van der Waals surface area contributed by atoms with Gasteiger partial charge >= 0.3 is 0 Å². The Labute approximate surface area is 88.6 Å². The molecule has 0 radical (unpaired) electrons. The summed E-state index contributed by atoms with van der Waals surface area (Å²) in [5.41, 5.74) is 6.41. The van der Waals surface area contributed by atoms with Gasteiger partial charge < -0.3 is 11.1 Å². The van der Waals surface area contributed by atoms with Crippen molar-refractivity contribution in [2.75, 3.05) is 0 Å². The number of nitrogens with two attached hydrogens (primary N) is 1. The van der Waals surface area contributed by atoms with E-state index in [-0.39, 0.29) is 6.04 Å².